The maximum atomic E-state index is 10.3. The molecule has 60 valence electrons. The number of hydrogen-bond acceptors (Lipinski definition) is 6. The van der Waals surface area contributed by atoms with E-state index in [4.69, 9.17) is 4.55 Å². The van der Waals surface area contributed by atoms with Gasteiger partial charge in [0.2, 0.25) is 0 Å². The molecule has 0 atom stereocenters. The summed E-state index contributed by atoms with van der Waals surface area (Å²) in [5.41, 5.74) is 0. The predicted molar refractivity (Wildman–Crippen MR) is 51.3 cm³/mol. The molecule has 1 aromatic rings. The van der Waals surface area contributed by atoms with Crippen LogP contribution in [0.2, 0.25) is 0 Å². The van der Waals surface area contributed by atoms with Gasteiger partial charge in [-0.25, -0.2) is 0 Å². The van der Waals surface area contributed by atoms with E-state index in [-0.39, 0.29) is 107 Å². The Balaban J connectivity index is 0. The van der Waals surface area contributed by atoms with Gasteiger partial charge in [-0.3, -0.25) is 4.55 Å². The Morgan fingerprint density at radius 1 is 1.33 bits per heavy atom. The third kappa shape index (κ3) is 5.85. The topological polar surface area (TPSA) is 80.2 Å². The molecule has 0 aliphatic rings. The van der Waals surface area contributed by atoms with Crippen molar-refractivity contribution < 1.29 is 13.0 Å². The molecule has 0 bridgehead atoms. The van der Waals surface area contributed by atoms with E-state index in [1.54, 1.807) is 0 Å². The SMILES string of the molecule is O=S(=O)(O)c1nnc(S)s1.[KH].[KH]. The number of hydrogen-bond donors (Lipinski definition) is 2. The first-order valence-corrected chi connectivity index (χ1v) is 4.70. The molecule has 0 saturated carbocycles. The van der Waals surface area contributed by atoms with Crippen molar-refractivity contribution in [2.45, 2.75) is 8.68 Å². The molecule has 0 unspecified atom stereocenters. The Bertz CT molecular complexity index is 335. The standard InChI is InChI=1S/C2H2N2O3S3.2K.2H/c5-10(6,7)2-4-3-1(8)9-2;;;;/h(H,3,8)(H,5,6,7);;;;. The number of nitrogens with zero attached hydrogens (tertiary/aromatic N) is 2. The van der Waals surface area contributed by atoms with Crippen LogP contribution in [0.4, 0.5) is 0 Å². The van der Waals surface area contributed by atoms with Crippen LogP contribution in [0.15, 0.2) is 8.68 Å². The zero-order chi connectivity index (χ0) is 7.78. The molecule has 5 nitrogen and oxygen atoms in total. The van der Waals surface area contributed by atoms with Crippen molar-refractivity contribution in [1.29, 1.82) is 0 Å². The number of aromatic nitrogens is 2. The maximum absolute atomic E-state index is 10.3. The van der Waals surface area contributed by atoms with Crippen LogP contribution in [0.25, 0.3) is 0 Å². The first-order chi connectivity index (χ1) is 4.50. The van der Waals surface area contributed by atoms with Gasteiger partial charge < -0.3 is 0 Å². The summed E-state index contributed by atoms with van der Waals surface area (Å²) in [5.74, 6) is 0. The van der Waals surface area contributed by atoms with Gasteiger partial charge in [-0.1, -0.05) is 11.3 Å². The van der Waals surface area contributed by atoms with E-state index in [1.165, 1.54) is 0 Å². The zero-order valence-electron chi connectivity index (χ0n) is 4.42. The summed E-state index contributed by atoms with van der Waals surface area (Å²) >= 11 is 4.41. The summed E-state index contributed by atoms with van der Waals surface area (Å²) < 4.78 is 28.7. The Labute approximate surface area is 164 Å². The summed E-state index contributed by atoms with van der Waals surface area (Å²) in [6.45, 7) is 0. The van der Waals surface area contributed by atoms with Crippen molar-refractivity contribution in [2.24, 2.45) is 0 Å². The van der Waals surface area contributed by atoms with Crippen LogP contribution >= 0.6 is 24.0 Å². The number of rotatable bonds is 1. The Morgan fingerprint density at radius 3 is 2.00 bits per heavy atom. The molecule has 0 amide bonds. The van der Waals surface area contributed by atoms with Gasteiger partial charge in [0.15, 0.2) is 4.34 Å². The Morgan fingerprint density at radius 2 is 1.83 bits per heavy atom. The van der Waals surface area contributed by atoms with E-state index in [0.29, 0.717) is 11.3 Å². The van der Waals surface area contributed by atoms with Crippen LogP contribution in [-0.2, 0) is 10.1 Å². The van der Waals surface area contributed by atoms with Crippen molar-refractivity contribution in [1.82, 2.24) is 10.2 Å². The van der Waals surface area contributed by atoms with Gasteiger partial charge in [-0.05, 0) is 0 Å². The van der Waals surface area contributed by atoms with Gasteiger partial charge >= 0.3 is 113 Å². The summed E-state index contributed by atoms with van der Waals surface area (Å²) in [4.78, 5) is 0. The van der Waals surface area contributed by atoms with Gasteiger partial charge in [-0.15, -0.1) is 22.8 Å². The van der Waals surface area contributed by atoms with Crippen LogP contribution in [0.5, 0.6) is 0 Å². The second kappa shape index (κ2) is 7.38. The molecule has 1 rings (SSSR count). The molecule has 0 fully saturated rings. The summed E-state index contributed by atoms with van der Waals surface area (Å²) in [6.07, 6.45) is 0. The minimum atomic E-state index is -4.19. The van der Waals surface area contributed by atoms with Gasteiger partial charge in [0.05, 0.1) is 0 Å². The van der Waals surface area contributed by atoms with Crippen molar-refractivity contribution >= 4 is 137 Å². The second-order valence-electron chi connectivity index (χ2n) is 1.33. The normalized spacial score (nSPS) is 9.83. The van der Waals surface area contributed by atoms with Crippen LogP contribution in [0.3, 0.4) is 0 Å². The average Bonchev–Trinajstić information content (AvgIpc) is 2.11. The molecule has 0 aliphatic heterocycles. The summed E-state index contributed by atoms with van der Waals surface area (Å²) in [5, 5.41) is 6.42. The van der Waals surface area contributed by atoms with Crippen molar-refractivity contribution in [3.63, 3.8) is 0 Å². The Hall–Kier alpha value is 3.09. The van der Waals surface area contributed by atoms with E-state index >= 15 is 0 Å². The third-order valence-electron chi connectivity index (χ3n) is 0.616. The molecule has 10 heteroatoms. The molecule has 0 aromatic carbocycles. The average molecular weight is 278 g/mol. The van der Waals surface area contributed by atoms with Crippen molar-refractivity contribution in [3.8, 4) is 0 Å². The quantitative estimate of drug-likeness (QED) is 0.382. The fraction of sp³-hybridized carbons (Fsp3) is 0. The molecular formula is C2H4K2N2O3S3. The van der Waals surface area contributed by atoms with Gasteiger partial charge in [0.25, 0.3) is 4.34 Å². The van der Waals surface area contributed by atoms with Gasteiger partial charge in [0.1, 0.15) is 0 Å². The molecule has 12 heavy (non-hydrogen) atoms. The van der Waals surface area contributed by atoms with Crippen LogP contribution in [0.1, 0.15) is 0 Å². The molecule has 1 N–H and O–H groups in total. The molecule has 0 aliphatic carbocycles. The van der Waals surface area contributed by atoms with Gasteiger partial charge in [-0.2, -0.15) is 8.42 Å². The van der Waals surface area contributed by atoms with Crippen molar-refractivity contribution in [2.75, 3.05) is 0 Å². The van der Waals surface area contributed by atoms with Crippen LogP contribution < -0.4 is 0 Å². The number of thiol groups is 1. The summed E-state index contributed by atoms with van der Waals surface area (Å²) in [7, 11) is -4.19. The molecular weight excluding hydrogens is 274 g/mol. The van der Waals surface area contributed by atoms with E-state index in [2.05, 4.69) is 22.8 Å². The van der Waals surface area contributed by atoms with Crippen LogP contribution in [0, 0.1) is 0 Å². The van der Waals surface area contributed by atoms with E-state index in [0.717, 1.165) is 0 Å². The molecule has 1 aromatic heterocycles. The summed E-state index contributed by atoms with van der Waals surface area (Å²) in [6, 6.07) is 0. The molecule has 0 saturated heterocycles. The molecule has 0 radical (unpaired) electrons. The fourth-order valence-electron chi connectivity index (χ4n) is 0.307. The first kappa shape index (κ1) is 17.5. The zero-order valence-corrected chi connectivity index (χ0v) is 6.95. The monoisotopic (exact) mass is 278 g/mol. The molecule has 0 spiro atoms. The van der Waals surface area contributed by atoms with E-state index in [9.17, 15) is 8.42 Å². The second-order valence-corrected chi connectivity index (χ2v) is 4.62. The molecule has 1 heterocycles. The van der Waals surface area contributed by atoms with Gasteiger partial charge in [0, 0.05) is 0 Å². The Kier molecular flexibility index (Phi) is 10.8. The van der Waals surface area contributed by atoms with E-state index < -0.39 is 14.5 Å². The van der Waals surface area contributed by atoms with Crippen LogP contribution in [-0.4, -0.2) is 126 Å². The minimum absolute atomic E-state index is 0. The van der Waals surface area contributed by atoms with E-state index in [1.807, 2.05) is 0 Å². The third-order valence-corrected chi connectivity index (χ3v) is 2.91. The first-order valence-electron chi connectivity index (χ1n) is 2.00. The predicted octanol–water partition coefficient (Wildman–Crippen LogP) is -1.22. The fourth-order valence-corrected chi connectivity index (χ4v) is 1.92. The van der Waals surface area contributed by atoms with Crippen molar-refractivity contribution in [3.05, 3.63) is 0 Å².